The van der Waals surface area contributed by atoms with Crippen molar-refractivity contribution in [2.45, 2.75) is 25.2 Å². The maximum atomic E-state index is 5.35. The van der Waals surface area contributed by atoms with Crippen LogP contribution in [0.4, 0.5) is 0 Å². The molecule has 1 atom stereocenters. The first-order chi connectivity index (χ1) is 8.92. The Kier molecular flexibility index (Phi) is 3.32. The molecule has 1 N–H and O–H groups in total. The van der Waals surface area contributed by atoms with Crippen LogP contribution in [0.25, 0.3) is 0 Å². The van der Waals surface area contributed by atoms with Gasteiger partial charge < -0.3 is 9.84 Å². The molecule has 5 nitrogen and oxygen atoms in total. The van der Waals surface area contributed by atoms with Gasteiger partial charge in [0.1, 0.15) is 0 Å². The predicted octanol–water partition coefficient (Wildman–Crippen LogP) is 1.52. The van der Waals surface area contributed by atoms with Gasteiger partial charge >= 0.3 is 0 Å². The first kappa shape index (κ1) is 11.3. The highest BCUT2D eigenvalue weighted by Crippen LogP contribution is 2.21. The summed E-state index contributed by atoms with van der Waals surface area (Å²) in [5, 5.41) is 7.40. The molecule has 94 valence electrons. The second-order valence-electron chi connectivity index (χ2n) is 4.63. The molecule has 1 fully saturated rings. The van der Waals surface area contributed by atoms with E-state index in [1.165, 1.54) is 6.42 Å². The summed E-state index contributed by atoms with van der Waals surface area (Å²) in [6.45, 7) is 2.03. The fourth-order valence-electron chi connectivity index (χ4n) is 2.25. The highest BCUT2D eigenvalue weighted by atomic mass is 16.5. The zero-order valence-electron chi connectivity index (χ0n) is 10.2. The molecule has 1 aliphatic heterocycles. The SMILES string of the molecule is c1cncc(Cc2noc([C@@H]3CCCNC3)n2)c1. The minimum atomic E-state index is 0.369. The van der Waals surface area contributed by atoms with E-state index in [2.05, 4.69) is 20.4 Å². The summed E-state index contributed by atoms with van der Waals surface area (Å²) < 4.78 is 5.35. The lowest BCUT2D eigenvalue weighted by molar-refractivity contribution is 0.320. The standard InChI is InChI=1S/C13H16N4O/c1-3-10(8-14-5-1)7-12-16-13(18-17-12)11-4-2-6-15-9-11/h1,3,5,8,11,15H,2,4,6-7,9H2/t11-/m1/s1. The largest absolute Gasteiger partial charge is 0.339 e. The lowest BCUT2D eigenvalue weighted by atomic mass is 10.00. The number of aromatic nitrogens is 3. The molecule has 2 aromatic rings. The Hall–Kier alpha value is -1.75. The van der Waals surface area contributed by atoms with Crippen molar-refractivity contribution < 1.29 is 4.52 Å². The summed E-state index contributed by atoms with van der Waals surface area (Å²) in [5.41, 5.74) is 1.10. The van der Waals surface area contributed by atoms with E-state index in [9.17, 15) is 0 Å². The van der Waals surface area contributed by atoms with Crippen molar-refractivity contribution in [2.75, 3.05) is 13.1 Å². The number of nitrogens with zero attached hydrogens (tertiary/aromatic N) is 3. The van der Waals surface area contributed by atoms with Crippen molar-refractivity contribution in [3.05, 3.63) is 41.8 Å². The van der Waals surface area contributed by atoms with Gasteiger partial charge in [-0.3, -0.25) is 4.98 Å². The van der Waals surface area contributed by atoms with E-state index in [1.807, 2.05) is 18.3 Å². The Morgan fingerprint density at radius 2 is 2.44 bits per heavy atom. The Balaban J connectivity index is 1.69. The van der Waals surface area contributed by atoms with Crippen LogP contribution in [0.3, 0.4) is 0 Å². The zero-order valence-corrected chi connectivity index (χ0v) is 10.2. The molecule has 3 heterocycles. The third-order valence-electron chi connectivity index (χ3n) is 3.21. The van der Waals surface area contributed by atoms with Gasteiger partial charge in [0.2, 0.25) is 5.89 Å². The Bertz CT molecular complexity index is 491. The molecule has 0 saturated carbocycles. The van der Waals surface area contributed by atoms with Crippen LogP contribution in [0, 0.1) is 0 Å². The van der Waals surface area contributed by atoms with E-state index in [0.717, 1.165) is 36.8 Å². The second-order valence-corrected chi connectivity index (χ2v) is 4.63. The fourth-order valence-corrected chi connectivity index (χ4v) is 2.25. The van der Waals surface area contributed by atoms with Crippen molar-refractivity contribution in [3.63, 3.8) is 0 Å². The minimum absolute atomic E-state index is 0.369. The molecule has 1 aliphatic rings. The zero-order chi connectivity index (χ0) is 12.2. The fraction of sp³-hybridized carbons (Fsp3) is 0.462. The lowest BCUT2D eigenvalue weighted by Gasteiger charge is -2.18. The molecule has 0 unspecified atom stereocenters. The second kappa shape index (κ2) is 5.27. The number of pyridine rings is 1. The lowest BCUT2D eigenvalue weighted by Crippen LogP contribution is -2.28. The van der Waals surface area contributed by atoms with Crippen molar-refractivity contribution in [3.8, 4) is 0 Å². The average Bonchev–Trinajstić information content (AvgIpc) is 2.89. The Labute approximate surface area is 106 Å². The molecule has 0 radical (unpaired) electrons. The van der Waals surface area contributed by atoms with Gasteiger partial charge in [-0.2, -0.15) is 4.98 Å². The van der Waals surface area contributed by atoms with Gasteiger partial charge in [0.15, 0.2) is 5.82 Å². The Morgan fingerprint density at radius 1 is 1.44 bits per heavy atom. The van der Waals surface area contributed by atoms with Crippen molar-refractivity contribution in [1.82, 2.24) is 20.4 Å². The molecule has 5 heteroatoms. The molecule has 1 saturated heterocycles. The van der Waals surface area contributed by atoms with E-state index in [1.54, 1.807) is 6.20 Å². The van der Waals surface area contributed by atoms with Gasteiger partial charge in [0, 0.05) is 25.4 Å². The normalized spacial score (nSPS) is 19.9. The van der Waals surface area contributed by atoms with Crippen LogP contribution >= 0.6 is 0 Å². The number of rotatable bonds is 3. The van der Waals surface area contributed by atoms with E-state index in [4.69, 9.17) is 4.52 Å². The maximum Gasteiger partial charge on any atom is 0.231 e. The average molecular weight is 244 g/mol. The molecular weight excluding hydrogens is 228 g/mol. The molecular formula is C13H16N4O. The Morgan fingerprint density at radius 3 is 3.22 bits per heavy atom. The smallest absolute Gasteiger partial charge is 0.231 e. The topological polar surface area (TPSA) is 63.8 Å². The molecule has 3 rings (SSSR count). The van der Waals surface area contributed by atoms with Gasteiger partial charge in [0.05, 0.1) is 5.92 Å². The van der Waals surface area contributed by atoms with Crippen molar-refractivity contribution in [1.29, 1.82) is 0 Å². The van der Waals surface area contributed by atoms with Crippen molar-refractivity contribution in [2.24, 2.45) is 0 Å². The summed E-state index contributed by atoms with van der Waals surface area (Å²) >= 11 is 0. The van der Waals surface area contributed by atoms with Crippen molar-refractivity contribution >= 4 is 0 Å². The quantitative estimate of drug-likeness (QED) is 0.887. The molecule has 0 bridgehead atoms. The number of nitrogens with one attached hydrogen (secondary N) is 1. The molecule has 2 aromatic heterocycles. The number of hydrogen-bond donors (Lipinski definition) is 1. The van der Waals surface area contributed by atoms with E-state index < -0.39 is 0 Å². The monoisotopic (exact) mass is 244 g/mol. The van der Waals surface area contributed by atoms with Gasteiger partial charge in [-0.1, -0.05) is 11.2 Å². The van der Waals surface area contributed by atoms with Gasteiger partial charge in [0.25, 0.3) is 0 Å². The van der Waals surface area contributed by atoms with Crippen LogP contribution in [-0.4, -0.2) is 28.2 Å². The number of piperidine rings is 1. The van der Waals surface area contributed by atoms with Crippen LogP contribution in [0.1, 0.15) is 36.0 Å². The first-order valence-corrected chi connectivity index (χ1v) is 6.34. The summed E-state index contributed by atoms with van der Waals surface area (Å²) in [6.07, 6.45) is 6.57. The van der Waals surface area contributed by atoms with Crippen LogP contribution in [-0.2, 0) is 6.42 Å². The maximum absolute atomic E-state index is 5.35. The van der Waals surface area contributed by atoms with Crippen LogP contribution < -0.4 is 5.32 Å². The summed E-state index contributed by atoms with van der Waals surface area (Å²) in [7, 11) is 0. The highest BCUT2D eigenvalue weighted by molar-refractivity contribution is 5.14. The summed E-state index contributed by atoms with van der Waals surface area (Å²) in [6, 6.07) is 3.94. The molecule has 0 aromatic carbocycles. The van der Waals surface area contributed by atoms with Crippen LogP contribution in [0.2, 0.25) is 0 Å². The van der Waals surface area contributed by atoms with Gasteiger partial charge in [-0.15, -0.1) is 0 Å². The first-order valence-electron chi connectivity index (χ1n) is 6.34. The van der Waals surface area contributed by atoms with Crippen LogP contribution in [0.15, 0.2) is 29.0 Å². The minimum Gasteiger partial charge on any atom is -0.339 e. The molecule has 0 amide bonds. The highest BCUT2D eigenvalue weighted by Gasteiger charge is 2.21. The molecule has 0 aliphatic carbocycles. The van der Waals surface area contributed by atoms with Crippen LogP contribution in [0.5, 0.6) is 0 Å². The van der Waals surface area contributed by atoms with Gasteiger partial charge in [-0.05, 0) is 31.0 Å². The molecule has 0 spiro atoms. The van der Waals surface area contributed by atoms with E-state index >= 15 is 0 Å². The predicted molar refractivity (Wildman–Crippen MR) is 66.2 cm³/mol. The van der Waals surface area contributed by atoms with E-state index in [-0.39, 0.29) is 0 Å². The number of hydrogen-bond acceptors (Lipinski definition) is 5. The molecule has 18 heavy (non-hydrogen) atoms. The van der Waals surface area contributed by atoms with Gasteiger partial charge in [-0.25, -0.2) is 0 Å². The van der Waals surface area contributed by atoms with E-state index in [0.29, 0.717) is 12.3 Å². The summed E-state index contributed by atoms with van der Waals surface area (Å²) in [4.78, 5) is 8.56. The third kappa shape index (κ3) is 2.56. The summed E-state index contributed by atoms with van der Waals surface area (Å²) in [5.74, 6) is 1.87. The third-order valence-corrected chi connectivity index (χ3v) is 3.21.